The van der Waals surface area contributed by atoms with Gasteiger partial charge in [0.15, 0.2) is 6.10 Å². The van der Waals surface area contributed by atoms with Gasteiger partial charge in [-0.1, -0.05) is 102 Å². The van der Waals surface area contributed by atoms with E-state index in [1.807, 2.05) is 42.5 Å². The summed E-state index contributed by atoms with van der Waals surface area (Å²) in [5.74, 6) is 2.38. The molecule has 4 aromatic rings. The molecule has 1 aromatic heterocycles. The highest BCUT2D eigenvalue weighted by molar-refractivity contribution is 5.66. The van der Waals surface area contributed by atoms with Crippen molar-refractivity contribution < 1.29 is 14.2 Å². The van der Waals surface area contributed by atoms with Gasteiger partial charge in [0.2, 0.25) is 0 Å². The second-order valence-electron chi connectivity index (χ2n) is 11.4. The average molecular weight is 596 g/mol. The molecule has 0 N–H and O–H groups in total. The zero-order valence-corrected chi connectivity index (χ0v) is 27.0. The Kier molecular flexibility index (Phi) is 13.5. The molecule has 0 radical (unpaired) electrons. The van der Waals surface area contributed by atoms with E-state index in [1.54, 1.807) is 6.20 Å². The number of nitrogens with zero attached hydrogens (tertiary/aromatic N) is 3. The van der Waals surface area contributed by atoms with Gasteiger partial charge in [-0.05, 0) is 74.1 Å². The van der Waals surface area contributed by atoms with Crippen molar-refractivity contribution >= 4 is 0 Å². The van der Waals surface area contributed by atoms with Gasteiger partial charge in [-0.3, -0.25) is 0 Å². The van der Waals surface area contributed by atoms with E-state index in [9.17, 15) is 0 Å². The summed E-state index contributed by atoms with van der Waals surface area (Å²) in [4.78, 5) is 0. The molecule has 6 nitrogen and oxygen atoms in total. The van der Waals surface area contributed by atoms with E-state index in [4.69, 9.17) is 14.2 Å². The smallest absolute Gasteiger partial charge is 0.156 e. The standard InChI is InChI=1S/C38H49N3O3/c1-5-9-11-19-29(7-3)42-36-25-17-14-22-32(36)38(44-35-24-16-13-21-31(35)34-27-28-39-41-40-34)33-23-15-18-26-37(33)43-30(8-4)20-12-10-6-2/h13-18,21-30,38H,5-12,19-20H2,1-4H3. The van der Waals surface area contributed by atoms with Crippen molar-refractivity contribution in [2.45, 2.75) is 110 Å². The third-order valence-electron chi connectivity index (χ3n) is 8.07. The Labute approximate surface area is 264 Å². The highest BCUT2D eigenvalue weighted by Gasteiger charge is 2.27. The second kappa shape index (κ2) is 18.0. The molecule has 3 aromatic carbocycles. The van der Waals surface area contributed by atoms with Crippen LogP contribution >= 0.6 is 0 Å². The van der Waals surface area contributed by atoms with Gasteiger partial charge in [0, 0.05) is 16.7 Å². The SMILES string of the molecule is CCCCCC(CC)Oc1ccccc1C(Oc1ccccc1-c1ccnnn1)c1ccccc1OC(CC)CCCCC. The van der Waals surface area contributed by atoms with Crippen LogP contribution in [0.1, 0.15) is 109 Å². The Balaban J connectivity index is 1.77. The predicted octanol–water partition coefficient (Wildman–Crippen LogP) is 10.2. The van der Waals surface area contributed by atoms with Crippen molar-refractivity contribution in [3.63, 3.8) is 0 Å². The van der Waals surface area contributed by atoms with Crippen LogP contribution in [0.5, 0.6) is 17.2 Å². The Morgan fingerprint density at radius 1 is 0.568 bits per heavy atom. The van der Waals surface area contributed by atoms with Gasteiger partial charge in [0.25, 0.3) is 0 Å². The molecule has 0 saturated carbocycles. The summed E-state index contributed by atoms with van der Waals surface area (Å²) in [6, 6.07) is 26.4. The van der Waals surface area contributed by atoms with Gasteiger partial charge in [-0.15, -0.1) is 10.2 Å². The molecular weight excluding hydrogens is 546 g/mol. The number of hydrogen-bond acceptors (Lipinski definition) is 6. The molecule has 0 aliphatic carbocycles. The van der Waals surface area contributed by atoms with Gasteiger partial charge in [-0.2, -0.15) is 0 Å². The predicted molar refractivity (Wildman–Crippen MR) is 178 cm³/mol. The quantitative estimate of drug-likeness (QED) is 0.100. The summed E-state index contributed by atoms with van der Waals surface area (Å²) >= 11 is 0. The van der Waals surface area contributed by atoms with Crippen molar-refractivity contribution in [2.24, 2.45) is 0 Å². The number of aromatic nitrogens is 3. The molecule has 0 spiro atoms. The number of unbranched alkanes of at least 4 members (excludes halogenated alkanes) is 4. The van der Waals surface area contributed by atoms with Crippen molar-refractivity contribution in [2.75, 3.05) is 0 Å². The fourth-order valence-corrected chi connectivity index (χ4v) is 5.49. The summed E-state index contributed by atoms with van der Waals surface area (Å²) in [7, 11) is 0. The molecule has 2 unspecified atom stereocenters. The Bertz CT molecular complexity index is 1320. The first kappa shape index (κ1) is 33.0. The number of ether oxygens (including phenoxy) is 3. The zero-order valence-electron chi connectivity index (χ0n) is 27.0. The van der Waals surface area contributed by atoms with E-state index < -0.39 is 6.10 Å². The largest absolute Gasteiger partial charge is 0.490 e. The van der Waals surface area contributed by atoms with Crippen LogP contribution in [0.2, 0.25) is 0 Å². The molecule has 2 atom stereocenters. The van der Waals surface area contributed by atoms with E-state index in [0.29, 0.717) is 11.4 Å². The third-order valence-corrected chi connectivity index (χ3v) is 8.07. The second-order valence-corrected chi connectivity index (χ2v) is 11.4. The van der Waals surface area contributed by atoms with Crippen LogP contribution < -0.4 is 14.2 Å². The van der Waals surface area contributed by atoms with Crippen LogP contribution in [0, 0.1) is 0 Å². The average Bonchev–Trinajstić information content (AvgIpc) is 3.07. The van der Waals surface area contributed by atoms with Crippen LogP contribution in [0.3, 0.4) is 0 Å². The molecular formula is C38H49N3O3. The monoisotopic (exact) mass is 595 g/mol. The number of hydrogen-bond donors (Lipinski definition) is 0. The topological polar surface area (TPSA) is 66.4 Å². The van der Waals surface area contributed by atoms with Gasteiger partial charge in [-0.25, -0.2) is 0 Å². The van der Waals surface area contributed by atoms with Crippen molar-refractivity contribution in [3.05, 3.63) is 96.2 Å². The molecule has 0 aliphatic rings. The number of para-hydroxylation sites is 3. The maximum Gasteiger partial charge on any atom is 0.156 e. The van der Waals surface area contributed by atoms with Crippen LogP contribution in [0.25, 0.3) is 11.3 Å². The van der Waals surface area contributed by atoms with Crippen LogP contribution in [-0.4, -0.2) is 27.6 Å². The summed E-state index contributed by atoms with van der Waals surface area (Å²) in [5.41, 5.74) is 3.48. The molecule has 1 heterocycles. The van der Waals surface area contributed by atoms with Gasteiger partial charge < -0.3 is 14.2 Å². The fourth-order valence-electron chi connectivity index (χ4n) is 5.49. The van der Waals surface area contributed by atoms with E-state index in [1.165, 1.54) is 25.7 Å². The summed E-state index contributed by atoms with van der Waals surface area (Å²) in [5, 5.41) is 12.0. The molecule has 0 amide bonds. The highest BCUT2D eigenvalue weighted by Crippen LogP contribution is 2.41. The molecule has 4 rings (SSSR count). The normalized spacial score (nSPS) is 13.2. The lowest BCUT2D eigenvalue weighted by Gasteiger charge is -2.28. The van der Waals surface area contributed by atoms with E-state index in [-0.39, 0.29) is 12.2 Å². The maximum atomic E-state index is 7.03. The molecule has 6 heteroatoms. The van der Waals surface area contributed by atoms with Gasteiger partial charge in [0.1, 0.15) is 22.9 Å². The Hall–Kier alpha value is -3.93. The number of benzene rings is 3. The Morgan fingerprint density at radius 3 is 1.59 bits per heavy atom. The van der Waals surface area contributed by atoms with Crippen molar-refractivity contribution in [3.8, 4) is 28.5 Å². The molecule has 234 valence electrons. The van der Waals surface area contributed by atoms with E-state index in [2.05, 4.69) is 79.5 Å². The lowest BCUT2D eigenvalue weighted by molar-refractivity contribution is 0.163. The summed E-state index contributed by atoms with van der Waals surface area (Å²) < 4.78 is 20.5. The molecule has 0 saturated heterocycles. The van der Waals surface area contributed by atoms with Gasteiger partial charge in [0.05, 0.1) is 18.4 Å². The first-order valence-electron chi connectivity index (χ1n) is 16.6. The summed E-state index contributed by atoms with van der Waals surface area (Å²) in [6.07, 6.45) is 12.5. The molecule has 0 bridgehead atoms. The maximum absolute atomic E-state index is 7.03. The van der Waals surface area contributed by atoms with Gasteiger partial charge >= 0.3 is 0 Å². The lowest BCUT2D eigenvalue weighted by Crippen LogP contribution is -2.20. The fraction of sp³-hybridized carbons (Fsp3) is 0.447. The first-order valence-corrected chi connectivity index (χ1v) is 16.6. The minimum absolute atomic E-state index is 0.136. The molecule has 0 aliphatic heterocycles. The van der Waals surface area contributed by atoms with Crippen LogP contribution in [0.4, 0.5) is 0 Å². The number of rotatable bonds is 19. The molecule has 0 fully saturated rings. The third kappa shape index (κ3) is 9.28. The van der Waals surface area contributed by atoms with Crippen molar-refractivity contribution in [1.29, 1.82) is 0 Å². The lowest BCUT2D eigenvalue weighted by atomic mass is 9.98. The highest BCUT2D eigenvalue weighted by atomic mass is 16.5. The van der Waals surface area contributed by atoms with E-state index >= 15 is 0 Å². The summed E-state index contributed by atoms with van der Waals surface area (Å²) in [6.45, 7) is 8.87. The minimum Gasteiger partial charge on any atom is -0.490 e. The van der Waals surface area contributed by atoms with Crippen LogP contribution in [-0.2, 0) is 0 Å². The van der Waals surface area contributed by atoms with Crippen LogP contribution in [0.15, 0.2) is 85.1 Å². The molecule has 44 heavy (non-hydrogen) atoms. The Morgan fingerprint density at radius 2 is 1.09 bits per heavy atom. The minimum atomic E-state index is -0.486. The van der Waals surface area contributed by atoms with Crippen molar-refractivity contribution in [1.82, 2.24) is 15.4 Å². The van der Waals surface area contributed by atoms with E-state index in [0.717, 1.165) is 66.7 Å². The zero-order chi connectivity index (χ0) is 31.0. The first-order chi connectivity index (χ1) is 21.7.